The third-order valence-corrected chi connectivity index (χ3v) is 4.84. The molecule has 2 fully saturated rings. The van der Waals surface area contributed by atoms with Gasteiger partial charge in [-0.1, -0.05) is 18.2 Å². The number of amides is 1. The molecule has 2 heterocycles. The molecule has 0 radical (unpaired) electrons. The molecular weight excluding hydrogens is 316 g/mol. The van der Waals surface area contributed by atoms with Crippen molar-refractivity contribution in [1.82, 2.24) is 20.2 Å². The Morgan fingerprint density at radius 2 is 2.12 bits per heavy atom. The quantitative estimate of drug-likeness (QED) is 0.925. The van der Waals surface area contributed by atoms with Gasteiger partial charge >= 0.3 is 0 Å². The minimum atomic E-state index is -0.0725. The topological polar surface area (TPSA) is 67.3 Å². The number of benzene rings is 1. The SMILES string of the molecule is COc1ccccc1C1CNCCN1C(=O)c1ccnc(C2CC2)n1. The van der Waals surface area contributed by atoms with Crippen LogP contribution in [-0.4, -0.2) is 47.5 Å². The Balaban J connectivity index is 1.64. The van der Waals surface area contributed by atoms with Crippen LogP contribution in [0.15, 0.2) is 36.5 Å². The Hall–Kier alpha value is -2.47. The molecule has 2 aliphatic rings. The molecule has 1 saturated heterocycles. The summed E-state index contributed by atoms with van der Waals surface area (Å²) in [4.78, 5) is 23.9. The van der Waals surface area contributed by atoms with E-state index in [9.17, 15) is 4.79 Å². The number of methoxy groups -OCH3 is 1. The average Bonchev–Trinajstić information content (AvgIpc) is 3.53. The van der Waals surface area contributed by atoms with Crippen molar-refractivity contribution in [3.8, 4) is 5.75 Å². The van der Waals surface area contributed by atoms with Crippen LogP contribution >= 0.6 is 0 Å². The van der Waals surface area contributed by atoms with Crippen LogP contribution in [0.2, 0.25) is 0 Å². The van der Waals surface area contributed by atoms with Gasteiger partial charge in [-0.05, 0) is 25.0 Å². The van der Waals surface area contributed by atoms with Gasteiger partial charge in [-0.3, -0.25) is 4.79 Å². The molecule has 1 aromatic heterocycles. The maximum atomic E-state index is 13.1. The van der Waals surface area contributed by atoms with Crippen LogP contribution in [0.25, 0.3) is 0 Å². The first-order valence-corrected chi connectivity index (χ1v) is 8.75. The van der Waals surface area contributed by atoms with E-state index in [0.717, 1.165) is 36.5 Å². The Morgan fingerprint density at radius 3 is 2.92 bits per heavy atom. The maximum Gasteiger partial charge on any atom is 0.273 e. The average molecular weight is 338 g/mol. The summed E-state index contributed by atoms with van der Waals surface area (Å²) in [5.41, 5.74) is 1.50. The van der Waals surface area contributed by atoms with E-state index in [0.29, 0.717) is 24.7 Å². The fraction of sp³-hybridized carbons (Fsp3) is 0.421. The molecule has 0 spiro atoms. The molecule has 130 valence electrons. The number of nitrogens with one attached hydrogen (secondary N) is 1. The summed E-state index contributed by atoms with van der Waals surface area (Å²) in [6.45, 7) is 2.12. The van der Waals surface area contributed by atoms with Gasteiger partial charge < -0.3 is 15.0 Å². The van der Waals surface area contributed by atoms with Gasteiger partial charge in [0.2, 0.25) is 0 Å². The third kappa shape index (κ3) is 3.22. The second-order valence-corrected chi connectivity index (χ2v) is 6.53. The molecule has 1 amide bonds. The summed E-state index contributed by atoms with van der Waals surface area (Å²) in [6.07, 6.45) is 3.94. The van der Waals surface area contributed by atoms with Crippen molar-refractivity contribution in [3.05, 3.63) is 53.6 Å². The highest BCUT2D eigenvalue weighted by Gasteiger charge is 2.32. The normalized spacial score (nSPS) is 20.4. The fourth-order valence-corrected chi connectivity index (χ4v) is 3.35. The zero-order valence-corrected chi connectivity index (χ0v) is 14.3. The second-order valence-electron chi connectivity index (χ2n) is 6.53. The van der Waals surface area contributed by atoms with Crippen LogP contribution in [0, 0.1) is 0 Å². The van der Waals surface area contributed by atoms with E-state index in [2.05, 4.69) is 15.3 Å². The lowest BCUT2D eigenvalue weighted by Gasteiger charge is -2.36. The highest BCUT2D eigenvalue weighted by Crippen LogP contribution is 2.38. The van der Waals surface area contributed by atoms with E-state index >= 15 is 0 Å². The lowest BCUT2D eigenvalue weighted by molar-refractivity contribution is 0.0625. The van der Waals surface area contributed by atoms with E-state index in [4.69, 9.17) is 4.74 Å². The van der Waals surface area contributed by atoms with Crippen LogP contribution in [0.3, 0.4) is 0 Å². The van der Waals surface area contributed by atoms with Crippen molar-refractivity contribution < 1.29 is 9.53 Å². The second kappa shape index (κ2) is 6.80. The van der Waals surface area contributed by atoms with E-state index in [1.54, 1.807) is 19.4 Å². The smallest absolute Gasteiger partial charge is 0.273 e. The molecule has 1 saturated carbocycles. The number of rotatable bonds is 4. The van der Waals surface area contributed by atoms with Crippen LogP contribution in [0.1, 0.15) is 46.7 Å². The standard InChI is InChI=1S/C19H22N4O2/c1-25-17-5-3-2-4-14(17)16-12-20-10-11-23(16)19(24)15-8-9-21-18(22-15)13-6-7-13/h2-5,8-9,13,16,20H,6-7,10-12H2,1H3. The number of carbonyl (C=O) groups excluding carboxylic acids is 1. The lowest BCUT2D eigenvalue weighted by Crippen LogP contribution is -2.49. The van der Waals surface area contributed by atoms with Crippen LogP contribution in [-0.2, 0) is 0 Å². The van der Waals surface area contributed by atoms with Crippen molar-refractivity contribution in [2.45, 2.75) is 24.8 Å². The molecule has 4 rings (SSSR count). The number of nitrogens with zero attached hydrogens (tertiary/aromatic N) is 3. The summed E-state index contributed by atoms with van der Waals surface area (Å²) in [6, 6.07) is 9.52. The van der Waals surface area contributed by atoms with Crippen LogP contribution < -0.4 is 10.1 Å². The highest BCUT2D eigenvalue weighted by atomic mass is 16.5. The van der Waals surface area contributed by atoms with Gasteiger partial charge in [0.1, 0.15) is 17.3 Å². The predicted molar refractivity (Wildman–Crippen MR) is 93.6 cm³/mol. The van der Waals surface area contributed by atoms with Gasteiger partial charge in [0, 0.05) is 37.3 Å². The molecule has 1 aliphatic carbocycles. The number of hydrogen-bond acceptors (Lipinski definition) is 5. The lowest BCUT2D eigenvalue weighted by atomic mass is 10.0. The van der Waals surface area contributed by atoms with Gasteiger partial charge in [-0.25, -0.2) is 9.97 Å². The molecule has 6 heteroatoms. The van der Waals surface area contributed by atoms with Crippen molar-refractivity contribution in [2.75, 3.05) is 26.7 Å². The maximum absolute atomic E-state index is 13.1. The molecule has 1 atom stereocenters. The van der Waals surface area contributed by atoms with Crippen molar-refractivity contribution in [3.63, 3.8) is 0 Å². The number of aromatic nitrogens is 2. The fourth-order valence-electron chi connectivity index (χ4n) is 3.35. The minimum absolute atomic E-state index is 0.0401. The highest BCUT2D eigenvalue weighted by molar-refractivity contribution is 5.92. The van der Waals surface area contributed by atoms with E-state index in [1.807, 2.05) is 29.2 Å². The van der Waals surface area contributed by atoms with Crippen molar-refractivity contribution >= 4 is 5.91 Å². The van der Waals surface area contributed by atoms with E-state index in [-0.39, 0.29) is 11.9 Å². The molecule has 6 nitrogen and oxygen atoms in total. The summed E-state index contributed by atoms with van der Waals surface area (Å²) in [5.74, 6) is 1.99. The summed E-state index contributed by atoms with van der Waals surface area (Å²) >= 11 is 0. The number of carbonyl (C=O) groups is 1. The summed E-state index contributed by atoms with van der Waals surface area (Å²) in [5, 5.41) is 3.38. The van der Waals surface area contributed by atoms with Crippen LogP contribution in [0.5, 0.6) is 5.75 Å². The molecule has 0 bridgehead atoms. The van der Waals surface area contributed by atoms with Crippen molar-refractivity contribution in [2.24, 2.45) is 0 Å². The predicted octanol–water partition coefficient (Wildman–Crippen LogP) is 2.15. The molecule has 2 aromatic rings. The summed E-state index contributed by atoms with van der Waals surface area (Å²) < 4.78 is 5.50. The Kier molecular flexibility index (Phi) is 4.36. The van der Waals surface area contributed by atoms with Gasteiger partial charge in [0.15, 0.2) is 0 Å². The molecule has 1 N–H and O–H groups in total. The van der Waals surface area contributed by atoms with Crippen LogP contribution in [0.4, 0.5) is 0 Å². The van der Waals surface area contributed by atoms with Gasteiger partial charge in [-0.15, -0.1) is 0 Å². The molecule has 1 aliphatic heterocycles. The molecule has 25 heavy (non-hydrogen) atoms. The molecule has 1 aromatic carbocycles. The minimum Gasteiger partial charge on any atom is -0.496 e. The number of piperazine rings is 1. The number of ether oxygens (including phenoxy) is 1. The van der Waals surface area contributed by atoms with Gasteiger partial charge in [0.25, 0.3) is 5.91 Å². The van der Waals surface area contributed by atoms with E-state index in [1.165, 1.54) is 0 Å². The van der Waals surface area contributed by atoms with Gasteiger partial charge in [0.05, 0.1) is 13.2 Å². The Labute approximate surface area is 147 Å². The molecule has 1 unspecified atom stereocenters. The summed E-state index contributed by atoms with van der Waals surface area (Å²) in [7, 11) is 1.66. The first kappa shape index (κ1) is 16.0. The van der Waals surface area contributed by atoms with Gasteiger partial charge in [-0.2, -0.15) is 0 Å². The molecular formula is C19H22N4O2. The van der Waals surface area contributed by atoms with Crippen molar-refractivity contribution in [1.29, 1.82) is 0 Å². The zero-order chi connectivity index (χ0) is 17.2. The third-order valence-electron chi connectivity index (χ3n) is 4.84. The van der Waals surface area contributed by atoms with E-state index < -0.39 is 0 Å². The zero-order valence-electron chi connectivity index (χ0n) is 14.3. The Bertz CT molecular complexity index is 776. The first-order chi connectivity index (χ1) is 12.3. The largest absolute Gasteiger partial charge is 0.496 e. The monoisotopic (exact) mass is 338 g/mol. The Morgan fingerprint density at radius 1 is 1.28 bits per heavy atom. The number of para-hydroxylation sites is 1. The number of hydrogen-bond donors (Lipinski definition) is 1. The first-order valence-electron chi connectivity index (χ1n) is 8.75.